The summed E-state index contributed by atoms with van der Waals surface area (Å²) in [5.41, 5.74) is 1.12. The molecule has 0 aliphatic rings. The van der Waals surface area contributed by atoms with Crippen molar-refractivity contribution < 1.29 is 5.11 Å². The molecule has 1 atom stereocenters. The van der Waals surface area contributed by atoms with Crippen LogP contribution in [-0.2, 0) is 6.42 Å². The number of hydrogen-bond acceptors (Lipinski definition) is 5. The van der Waals surface area contributed by atoms with Crippen LogP contribution in [0.1, 0.15) is 32.3 Å². The highest BCUT2D eigenvalue weighted by Gasteiger charge is 2.08. The Morgan fingerprint density at radius 2 is 2.06 bits per heavy atom. The third kappa shape index (κ3) is 4.14. The van der Waals surface area contributed by atoms with Crippen molar-refractivity contribution in [2.24, 2.45) is 5.92 Å². The van der Waals surface area contributed by atoms with Crippen molar-refractivity contribution in [2.75, 3.05) is 30.8 Å². The Hall–Kier alpha value is -1.36. The van der Waals surface area contributed by atoms with Gasteiger partial charge in [0.1, 0.15) is 18.0 Å². The SMILES string of the molecule is CCc1c(NC)ncnc1NCCCC(C)CO. The van der Waals surface area contributed by atoms with E-state index >= 15 is 0 Å². The summed E-state index contributed by atoms with van der Waals surface area (Å²) in [6.07, 6.45) is 4.52. The van der Waals surface area contributed by atoms with Crippen molar-refractivity contribution in [2.45, 2.75) is 33.1 Å². The van der Waals surface area contributed by atoms with Gasteiger partial charge in [0.15, 0.2) is 0 Å². The fourth-order valence-electron chi connectivity index (χ4n) is 1.86. The van der Waals surface area contributed by atoms with E-state index in [9.17, 15) is 0 Å². The predicted octanol–water partition coefficient (Wildman–Crippen LogP) is 1.90. The van der Waals surface area contributed by atoms with Crippen LogP contribution < -0.4 is 10.6 Å². The highest BCUT2D eigenvalue weighted by Crippen LogP contribution is 2.19. The summed E-state index contributed by atoms with van der Waals surface area (Å²) >= 11 is 0. The van der Waals surface area contributed by atoms with Crippen LogP contribution in [-0.4, -0.2) is 35.3 Å². The number of aromatic nitrogens is 2. The minimum Gasteiger partial charge on any atom is -0.396 e. The largest absolute Gasteiger partial charge is 0.396 e. The van der Waals surface area contributed by atoms with E-state index in [2.05, 4.69) is 34.4 Å². The first-order chi connectivity index (χ1) is 8.72. The van der Waals surface area contributed by atoms with E-state index in [1.54, 1.807) is 6.33 Å². The van der Waals surface area contributed by atoms with Crippen LogP contribution in [0.4, 0.5) is 11.6 Å². The molecule has 5 nitrogen and oxygen atoms in total. The summed E-state index contributed by atoms with van der Waals surface area (Å²) in [5.74, 6) is 2.17. The fraction of sp³-hybridized carbons (Fsp3) is 0.692. The maximum Gasteiger partial charge on any atom is 0.134 e. The second-order valence-corrected chi connectivity index (χ2v) is 4.51. The van der Waals surface area contributed by atoms with Gasteiger partial charge in [-0.15, -0.1) is 0 Å². The van der Waals surface area contributed by atoms with E-state index in [0.717, 1.165) is 43.0 Å². The molecule has 5 heteroatoms. The van der Waals surface area contributed by atoms with Crippen molar-refractivity contribution in [1.82, 2.24) is 9.97 Å². The Kier molecular flexibility index (Phi) is 6.43. The molecule has 0 saturated carbocycles. The third-order valence-electron chi connectivity index (χ3n) is 3.01. The van der Waals surface area contributed by atoms with Gasteiger partial charge in [-0.3, -0.25) is 0 Å². The van der Waals surface area contributed by atoms with Crippen LogP contribution >= 0.6 is 0 Å². The van der Waals surface area contributed by atoms with Crippen LogP contribution in [0.15, 0.2) is 6.33 Å². The molecule has 0 aromatic carbocycles. The number of hydrogen-bond donors (Lipinski definition) is 3. The summed E-state index contributed by atoms with van der Waals surface area (Å²) in [7, 11) is 1.87. The standard InChI is InChI=1S/C13H24N4O/c1-4-11-12(14-3)16-9-17-13(11)15-7-5-6-10(2)8-18/h9-10,18H,4-8H2,1-3H3,(H2,14,15,16,17). The zero-order chi connectivity index (χ0) is 13.4. The Morgan fingerprint density at radius 1 is 1.33 bits per heavy atom. The molecule has 18 heavy (non-hydrogen) atoms. The molecule has 0 spiro atoms. The minimum atomic E-state index is 0.262. The second-order valence-electron chi connectivity index (χ2n) is 4.51. The predicted molar refractivity (Wildman–Crippen MR) is 74.9 cm³/mol. The van der Waals surface area contributed by atoms with Gasteiger partial charge in [-0.1, -0.05) is 13.8 Å². The average molecular weight is 252 g/mol. The smallest absolute Gasteiger partial charge is 0.134 e. The van der Waals surface area contributed by atoms with Gasteiger partial charge < -0.3 is 15.7 Å². The summed E-state index contributed by atoms with van der Waals surface area (Å²) < 4.78 is 0. The van der Waals surface area contributed by atoms with Crippen LogP contribution in [0, 0.1) is 5.92 Å². The van der Waals surface area contributed by atoms with Gasteiger partial charge in [-0.25, -0.2) is 9.97 Å². The number of nitrogens with one attached hydrogen (secondary N) is 2. The van der Waals surface area contributed by atoms with E-state index in [1.165, 1.54) is 0 Å². The summed E-state index contributed by atoms with van der Waals surface area (Å²) in [5, 5.41) is 15.4. The van der Waals surface area contributed by atoms with Crippen LogP contribution in [0.2, 0.25) is 0 Å². The lowest BCUT2D eigenvalue weighted by molar-refractivity contribution is 0.229. The van der Waals surface area contributed by atoms with Crippen molar-refractivity contribution in [3.05, 3.63) is 11.9 Å². The first-order valence-corrected chi connectivity index (χ1v) is 6.59. The van der Waals surface area contributed by atoms with Crippen LogP contribution in [0.3, 0.4) is 0 Å². The number of rotatable bonds is 8. The van der Waals surface area contributed by atoms with Gasteiger partial charge in [-0.2, -0.15) is 0 Å². The van der Waals surface area contributed by atoms with E-state index in [0.29, 0.717) is 5.92 Å². The molecule has 1 aromatic heterocycles. The zero-order valence-corrected chi connectivity index (χ0v) is 11.5. The van der Waals surface area contributed by atoms with Gasteiger partial charge in [0.25, 0.3) is 0 Å². The fourth-order valence-corrected chi connectivity index (χ4v) is 1.86. The number of aliphatic hydroxyl groups is 1. The van der Waals surface area contributed by atoms with Crippen LogP contribution in [0.5, 0.6) is 0 Å². The maximum absolute atomic E-state index is 8.95. The molecule has 0 bridgehead atoms. The Morgan fingerprint density at radius 3 is 2.67 bits per heavy atom. The van der Waals surface area contributed by atoms with E-state index in [-0.39, 0.29) is 6.61 Å². The lowest BCUT2D eigenvalue weighted by Gasteiger charge is -2.13. The van der Waals surface area contributed by atoms with E-state index in [4.69, 9.17) is 5.11 Å². The van der Waals surface area contributed by atoms with Crippen molar-refractivity contribution in [1.29, 1.82) is 0 Å². The quantitative estimate of drug-likeness (QED) is 0.616. The molecule has 0 fully saturated rings. The van der Waals surface area contributed by atoms with Gasteiger partial charge in [-0.05, 0) is 25.2 Å². The van der Waals surface area contributed by atoms with Crippen molar-refractivity contribution in [3.63, 3.8) is 0 Å². The Balaban J connectivity index is 2.51. The monoisotopic (exact) mass is 252 g/mol. The van der Waals surface area contributed by atoms with Gasteiger partial charge >= 0.3 is 0 Å². The summed E-state index contributed by atoms with van der Waals surface area (Å²) in [6, 6.07) is 0. The molecule has 0 amide bonds. The maximum atomic E-state index is 8.95. The molecule has 1 heterocycles. The first kappa shape index (κ1) is 14.7. The zero-order valence-electron chi connectivity index (χ0n) is 11.5. The molecular weight excluding hydrogens is 228 g/mol. The van der Waals surface area contributed by atoms with Gasteiger partial charge in [0, 0.05) is 25.8 Å². The second kappa shape index (κ2) is 7.87. The van der Waals surface area contributed by atoms with Crippen LogP contribution in [0.25, 0.3) is 0 Å². The molecule has 1 aromatic rings. The number of aliphatic hydroxyl groups excluding tert-OH is 1. The summed E-state index contributed by atoms with van der Waals surface area (Å²) in [6.45, 7) is 5.29. The highest BCUT2D eigenvalue weighted by molar-refractivity contribution is 5.56. The molecule has 0 aliphatic carbocycles. The van der Waals surface area contributed by atoms with E-state index < -0.39 is 0 Å². The molecular formula is C13H24N4O. The molecule has 3 N–H and O–H groups in total. The van der Waals surface area contributed by atoms with Crippen molar-refractivity contribution >= 4 is 11.6 Å². The minimum absolute atomic E-state index is 0.262. The van der Waals surface area contributed by atoms with Gasteiger partial charge in [0.05, 0.1) is 0 Å². The highest BCUT2D eigenvalue weighted by atomic mass is 16.3. The normalized spacial score (nSPS) is 12.2. The molecule has 102 valence electrons. The first-order valence-electron chi connectivity index (χ1n) is 6.59. The topological polar surface area (TPSA) is 70.1 Å². The van der Waals surface area contributed by atoms with Gasteiger partial charge in [0.2, 0.25) is 0 Å². The Labute approximate surface area is 109 Å². The Bertz CT molecular complexity index is 357. The third-order valence-corrected chi connectivity index (χ3v) is 3.01. The lowest BCUT2D eigenvalue weighted by atomic mass is 10.1. The molecule has 0 saturated heterocycles. The molecule has 1 unspecified atom stereocenters. The number of anilines is 2. The summed E-state index contributed by atoms with van der Waals surface area (Å²) in [4.78, 5) is 8.49. The number of nitrogens with zero attached hydrogens (tertiary/aromatic N) is 2. The molecule has 1 rings (SSSR count). The van der Waals surface area contributed by atoms with Crippen molar-refractivity contribution in [3.8, 4) is 0 Å². The lowest BCUT2D eigenvalue weighted by Crippen LogP contribution is -2.10. The average Bonchev–Trinajstić information content (AvgIpc) is 2.42. The van der Waals surface area contributed by atoms with E-state index in [1.807, 2.05) is 7.05 Å². The molecule has 0 aliphatic heterocycles. The molecule has 0 radical (unpaired) electrons.